The molecule has 1 aromatic heterocycles. The van der Waals surface area contributed by atoms with Crippen LogP contribution in [0, 0.1) is 0 Å². The van der Waals surface area contributed by atoms with Gasteiger partial charge in [-0.05, 0) is 48.4 Å². The van der Waals surface area contributed by atoms with Crippen molar-refractivity contribution in [1.29, 1.82) is 0 Å². The quantitative estimate of drug-likeness (QED) is 0.364. The molecular weight excluding hydrogens is 468 g/mol. The number of morpholine rings is 1. The van der Waals surface area contributed by atoms with Crippen LogP contribution in [0.15, 0.2) is 88.1 Å². The van der Waals surface area contributed by atoms with E-state index in [-0.39, 0.29) is 17.1 Å². The number of carbonyl (C=O) groups is 1. The van der Waals surface area contributed by atoms with Crippen molar-refractivity contribution < 1.29 is 18.7 Å². The van der Waals surface area contributed by atoms with E-state index in [1.165, 1.54) is 0 Å². The van der Waals surface area contributed by atoms with Crippen LogP contribution in [0.3, 0.4) is 0 Å². The second-order valence-electron chi connectivity index (χ2n) is 9.37. The average molecular weight is 497 g/mol. The molecule has 0 N–H and O–H groups in total. The van der Waals surface area contributed by atoms with E-state index in [0.29, 0.717) is 28.8 Å². The number of fused-ring (bicyclic) bond motifs is 2. The van der Waals surface area contributed by atoms with Crippen molar-refractivity contribution in [3.63, 3.8) is 0 Å². The Hall–Kier alpha value is -3.94. The van der Waals surface area contributed by atoms with Crippen LogP contribution < -0.4 is 10.2 Å². The van der Waals surface area contributed by atoms with Crippen LogP contribution in [0.5, 0.6) is 11.5 Å². The van der Waals surface area contributed by atoms with Crippen LogP contribution in [0.1, 0.15) is 34.1 Å². The molecule has 7 heteroatoms. The van der Waals surface area contributed by atoms with Gasteiger partial charge in [-0.2, -0.15) is 0 Å². The molecule has 0 spiro atoms. The molecule has 1 atom stereocenters. The number of carbonyl (C=O) groups excluding carboxylic acids is 1. The number of para-hydroxylation sites is 2. The molecule has 0 aliphatic carbocycles. The van der Waals surface area contributed by atoms with Crippen LogP contribution >= 0.6 is 0 Å². The molecule has 0 saturated carbocycles. The average Bonchev–Trinajstić information content (AvgIpc) is 3.22. The summed E-state index contributed by atoms with van der Waals surface area (Å²) in [6.45, 7) is 4.61. The van der Waals surface area contributed by atoms with Gasteiger partial charge in [-0.25, -0.2) is 0 Å². The Morgan fingerprint density at radius 2 is 1.59 bits per heavy atom. The molecule has 37 heavy (non-hydrogen) atoms. The Labute approximate surface area is 214 Å². The maximum absolute atomic E-state index is 13.7. The number of rotatable bonds is 7. The summed E-state index contributed by atoms with van der Waals surface area (Å²) < 4.78 is 17.6. The third-order valence-electron chi connectivity index (χ3n) is 7.00. The van der Waals surface area contributed by atoms with Gasteiger partial charge in [0, 0.05) is 26.2 Å². The smallest absolute Gasteiger partial charge is 0.290 e. The Morgan fingerprint density at radius 3 is 2.43 bits per heavy atom. The zero-order chi connectivity index (χ0) is 25.2. The Balaban J connectivity index is 1.37. The van der Waals surface area contributed by atoms with Crippen molar-refractivity contribution in [2.45, 2.75) is 12.5 Å². The van der Waals surface area contributed by atoms with Gasteiger partial charge < -0.3 is 18.8 Å². The fraction of sp³-hybridized carbons (Fsp3) is 0.267. The molecule has 1 amide bonds. The van der Waals surface area contributed by atoms with E-state index in [4.69, 9.17) is 13.9 Å². The van der Waals surface area contributed by atoms with Crippen LogP contribution in [0.4, 0.5) is 0 Å². The summed E-state index contributed by atoms with van der Waals surface area (Å²) in [6.07, 6.45) is 0.782. The molecule has 7 nitrogen and oxygen atoms in total. The maximum Gasteiger partial charge on any atom is 0.290 e. The minimum absolute atomic E-state index is 0.134. The van der Waals surface area contributed by atoms with Gasteiger partial charge in [-0.3, -0.25) is 14.5 Å². The fourth-order valence-electron chi connectivity index (χ4n) is 5.21. The van der Waals surface area contributed by atoms with Gasteiger partial charge in [-0.1, -0.05) is 42.5 Å². The number of hydrogen-bond acceptors (Lipinski definition) is 6. The summed E-state index contributed by atoms with van der Waals surface area (Å²) in [5, 5.41) is 0.478. The monoisotopic (exact) mass is 496 g/mol. The zero-order valence-electron chi connectivity index (χ0n) is 20.5. The van der Waals surface area contributed by atoms with Crippen LogP contribution in [0.25, 0.3) is 11.0 Å². The van der Waals surface area contributed by atoms with E-state index in [1.54, 1.807) is 23.1 Å². The highest BCUT2D eigenvalue weighted by Gasteiger charge is 2.42. The van der Waals surface area contributed by atoms with Crippen molar-refractivity contribution in [2.24, 2.45) is 0 Å². The molecule has 1 unspecified atom stereocenters. The molecule has 2 aliphatic rings. The van der Waals surface area contributed by atoms with Gasteiger partial charge in [0.05, 0.1) is 30.2 Å². The summed E-state index contributed by atoms with van der Waals surface area (Å²) >= 11 is 0. The lowest BCUT2D eigenvalue weighted by molar-refractivity contribution is 0.0353. The molecule has 4 aromatic rings. The van der Waals surface area contributed by atoms with Crippen molar-refractivity contribution >= 4 is 16.9 Å². The fourth-order valence-corrected chi connectivity index (χ4v) is 5.21. The van der Waals surface area contributed by atoms with Gasteiger partial charge in [-0.15, -0.1) is 0 Å². The molecule has 0 radical (unpaired) electrons. The van der Waals surface area contributed by atoms with Gasteiger partial charge in [0.1, 0.15) is 17.1 Å². The zero-order valence-corrected chi connectivity index (χ0v) is 20.5. The highest BCUT2D eigenvalue weighted by atomic mass is 16.5. The second-order valence-corrected chi connectivity index (χ2v) is 9.37. The lowest BCUT2D eigenvalue weighted by Gasteiger charge is -2.29. The van der Waals surface area contributed by atoms with Crippen molar-refractivity contribution in [1.82, 2.24) is 9.80 Å². The minimum atomic E-state index is -0.549. The molecule has 3 heterocycles. The highest BCUT2D eigenvalue weighted by Crippen LogP contribution is 2.39. The first-order valence-electron chi connectivity index (χ1n) is 12.7. The predicted molar refractivity (Wildman–Crippen MR) is 140 cm³/mol. The summed E-state index contributed by atoms with van der Waals surface area (Å²) in [5.41, 5.74) is 1.47. The number of ether oxygens (including phenoxy) is 2. The van der Waals surface area contributed by atoms with E-state index in [1.807, 2.05) is 60.7 Å². The highest BCUT2D eigenvalue weighted by molar-refractivity contribution is 5.99. The third-order valence-corrected chi connectivity index (χ3v) is 7.00. The number of hydrogen-bond donors (Lipinski definition) is 0. The third kappa shape index (κ3) is 4.63. The van der Waals surface area contributed by atoms with Crippen LogP contribution in [-0.4, -0.2) is 55.1 Å². The molecule has 2 aliphatic heterocycles. The van der Waals surface area contributed by atoms with E-state index in [9.17, 15) is 9.59 Å². The summed E-state index contributed by atoms with van der Waals surface area (Å²) in [4.78, 5) is 31.5. The molecule has 3 aromatic carbocycles. The molecule has 0 bridgehead atoms. The SMILES string of the molecule is O=C1c2oc3ccccc3c(=O)c2C(c2cccc(Oc3ccccc3)c2)N1CCCN1CCOCC1. The number of benzene rings is 3. The van der Waals surface area contributed by atoms with Gasteiger partial charge in [0.25, 0.3) is 5.91 Å². The number of amides is 1. The first-order valence-corrected chi connectivity index (χ1v) is 12.7. The molecule has 1 saturated heterocycles. The first-order chi connectivity index (χ1) is 18.2. The van der Waals surface area contributed by atoms with Gasteiger partial charge in [0.2, 0.25) is 5.76 Å². The summed E-state index contributed by atoms with van der Waals surface area (Å²) in [6, 6.07) is 23.7. The lowest BCUT2D eigenvalue weighted by atomic mass is 9.98. The predicted octanol–water partition coefficient (Wildman–Crippen LogP) is 4.85. The lowest BCUT2D eigenvalue weighted by Crippen LogP contribution is -2.38. The van der Waals surface area contributed by atoms with Crippen molar-refractivity contribution in [2.75, 3.05) is 39.4 Å². The Morgan fingerprint density at radius 1 is 0.838 bits per heavy atom. The first kappa shape index (κ1) is 23.5. The van der Waals surface area contributed by atoms with E-state index < -0.39 is 6.04 Å². The van der Waals surface area contributed by atoms with Crippen molar-refractivity contribution in [3.8, 4) is 11.5 Å². The normalized spacial score (nSPS) is 17.8. The molecule has 188 valence electrons. The van der Waals surface area contributed by atoms with Crippen LogP contribution in [0.2, 0.25) is 0 Å². The minimum Gasteiger partial charge on any atom is -0.457 e. The maximum atomic E-state index is 13.7. The van der Waals surface area contributed by atoms with Gasteiger partial charge in [0.15, 0.2) is 5.43 Å². The molecule has 1 fully saturated rings. The molecular formula is C30H28N2O5. The van der Waals surface area contributed by atoms with E-state index in [2.05, 4.69) is 4.90 Å². The topological polar surface area (TPSA) is 72.2 Å². The Bertz CT molecular complexity index is 1480. The second kappa shape index (κ2) is 10.2. The van der Waals surface area contributed by atoms with E-state index in [0.717, 1.165) is 50.6 Å². The Kier molecular flexibility index (Phi) is 6.47. The van der Waals surface area contributed by atoms with E-state index >= 15 is 0 Å². The summed E-state index contributed by atoms with van der Waals surface area (Å²) in [5.74, 6) is 1.24. The standard InChI is InChI=1S/C30H28N2O5/c33-28-24-12-4-5-13-25(24)37-29-26(28)27(32(30(29)34)15-7-14-31-16-18-35-19-17-31)21-8-6-11-23(20-21)36-22-9-2-1-3-10-22/h1-6,8-13,20,27H,7,14-19H2. The summed E-state index contributed by atoms with van der Waals surface area (Å²) in [7, 11) is 0. The van der Waals surface area contributed by atoms with Crippen molar-refractivity contribution in [3.05, 3.63) is 106 Å². The largest absolute Gasteiger partial charge is 0.457 e. The number of nitrogens with zero attached hydrogens (tertiary/aromatic N) is 2. The van der Waals surface area contributed by atoms with Crippen LogP contribution in [-0.2, 0) is 4.74 Å². The van der Waals surface area contributed by atoms with Gasteiger partial charge >= 0.3 is 0 Å². The molecule has 6 rings (SSSR count).